The molecule has 0 heterocycles. The van der Waals surface area contributed by atoms with Crippen molar-refractivity contribution in [2.45, 2.75) is 53.4 Å². The first-order valence-corrected chi connectivity index (χ1v) is 7.97. The molecule has 1 heteroatoms. The lowest BCUT2D eigenvalue weighted by molar-refractivity contribution is 0.298. The average molecular weight is 261 g/mol. The van der Waals surface area contributed by atoms with E-state index in [-0.39, 0.29) is 0 Å². The molecule has 19 heavy (non-hydrogen) atoms. The monoisotopic (exact) mass is 261 g/mol. The van der Waals surface area contributed by atoms with Gasteiger partial charge in [0.15, 0.2) is 0 Å². The summed E-state index contributed by atoms with van der Waals surface area (Å²) in [6.45, 7) is 11.4. The average Bonchev–Trinajstić information content (AvgIpc) is 2.40. The SMILES string of the molecule is CCCNCC(Cc1cccc(C)c1)C(CC)CC. The summed E-state index contributed by atoms with van der Waals surface area (Å²) < 4.78 is 0. The van der Waals surface area contributed by atoms with E-state index in [1.807, 2.05) is 0 Å². The number of rotatable bonds is 9. The molecule has 0 saturated carbocycles. The van der Waals surface area contributed by atoms with Gasteiger partial charge in [-0.15, -0.1) is 0 Å². The van der Waals surface area contributed by atoms with Gasteiger partial charge in [0, 0.05) is 0 Å². The van der Waals surface area contributed by atoms with Gasteiger partial charge in [0.1, 0.15) is 0 Å². The molecule has 0 aliphatic rings. The lowest BCUT2D eigenvalue weighted by atomic mass is 9.83. The van der Waals surface area contributed by atoms with Gasteiger partial charge in [-0.05, 0) is 50.3 Å². The Morgan fingerprint density at radius 1 is 1.05 bits per heavy atom. The number of nitrogens with one attached hydrogen (secondary N) is 1. The minimum atomic E-state index is 0.767. The summed E-state index contributed by atoms with van der Waals surface area (Å²) in [6.07, 6.45) is 5.02. The number of hydrogen-bond acceptors (Lipinski definition) is 1. The molecule has 108 valence electrons. The Hall–Kier alpha value is -0.820. The Bertz CT molecular complexity index is 341. The fourth-order valence-electron chi connectivity index (χ4n) is 2.97. The van der Waals surface area contributed by atoms with E-state index >= 15 is 0 Å². The molecule has 1 N–H and O–H groups in total. The molecule has 1 aromatic carbocycles. The van der Waals surface area contributed by atoms with Gasteiger partial charge in [-0.2, -0.15) is 0 Å². The van der Waals surface area contributed by atoms with Crippen LogP contribution in [-0.2, 0) is 6.42 Å². The van der Waals surface area contributed by atoms with Crippen molar-refractivity contribution in [1.82, 2.24) is 5.32 Å². The highest BCUT2D eigenvalue weighted by Crippen LogP contribution is 2.23. The molecule has 0 aliphatic heterocycles. The second-order valence-corrected chi connectivity index (χ2v) is 5.73. The summed E-state index contributed by atoms with van der Waals surface area (Å²) in [7, 11) is 0. The second kappa shape index (κ2) is 9.14. The Morgan fingerprint density at radius 2 is 1.79 bits per heavy atom. The van der Waals surface area contributed by atoms with Gasteiger partial charge in [-0.3, -0.25) is 0 Å². The van der Waals surface area contributed by atoms with E-state index in [0.29, 0.717) is 0 Å². The molecule has 0 fully saturated rings. The van der Waals surface area contributed by atoms with E-state index in [4.69, 9.17) is 0 Å². The maximum absolute atomic E-state index is 3.62. The van der Waals surface area contributed by atoms with Crippen LogP contribution in [0.3, 0.4) is 0 Å². The van der Waals surface area contributed by atoms with E-state index < -0.39 is 0 Å². The summed E-state index contributed by atoms with van der Waals surface area (Å²) >= 11 is 0. The van der Waals surface area contributed by atoms with Crippen LogP contribution in [0.5, 0.6) is 0 Å². The molecule has 1 unspecified atom stereocenters. The van der Waals surface area contributed by atoms with Crippen LogP contribution in [0.4, 0.5) is 0 Å². The number of hydrogen-bond donors (Lipinski definition) is 1. The molecule has 1 atom stereocenters. The Balaban J connectivity index is 2.66. The maximum atomic E-state index is 3.62. The molecule has 0 aromatic heterocycles. The lowest BCUT2D eigenvalue weighted by Crippen LogP contribution is -2.30. The second-order valence-electron chi connectivity index (χ2n) is 5.73. The lowest BCUT2D eigenvalue weighted by Gasteiger charge is -2.26. The smallest absolute Gasteiger partial charge is 0.00147 e. The first-order valence-electron chi connectivity index (χ1n) is 7.97. The largest absolute Gasteiger partial charge is 0.316 e. The molecule has 0 radical (unpaired) electrons. The van der Waals surface area contributed by atoms with Crippen LogP contribution >= 0.6 is 0 Å². The van der Waals surface area contributed by atoms with Crippen molar-refractivity contribution in [3.05, 3.63) is 35.4 Å². The van der Waals surface area contributed by atoms with Crippen molar-refractivity contribution in [2.75, 3.05) is 13.1 Å². The van der Waals surface area contributed by atoms with E-state index in [0.717, 1.165) is 24.9 Å². The summed E-state index contributed by atoms with van der Waals surface area (Å²) in [5.74, 6) is 1.60. The summed E-state index contributed by atoms with van der Waals surface area (Å²) in [4.78, 5) is 0. The highest BCUT2D eigenvalue weighted by atomic mass is 14.9. The van der Waals surface area contributed by atoms with Crippen molar-refractivity contribution in [1.29, 1.82) is 0 Å². The highest BCUT2D eigenvalue weighted by Gasteiger charge is 2.18. The van der Waals surface area contributed by atoms with Gasteiger partial charge in [0.25, 0.3) is 0 Å². The maximum Gasteiger partial charge on any atom is -0.00147 e. The zero-order chi connectivity index (χ0) is 14.1. The Kier molecular flexibility index (Phi) is 7.81. The van der Waals surface area contributed by atoms with Crippen LogP contribution in [0.25, 0.3) is 0 Å². The summed E-state index contributed by atoms with van der Waals surface area (Å²) in [5.41, 5.74) is 2.87. The normalized spacial score (nSPS) is 12.9. The molecular weight excluding hydrogens is 230 g/mol. The van der Waals surface area contributed by atoms with Crippen LogP contribution in [0.2, 0.25) is 0 Å². The Morgan fingerprint density at radius 3 is 2.37 bits per heavy atom. The molecular formula is C18H31N. The van der Waals surface area contributed by atoms with E-state index in [9.17, 15) is 0 Å². The van der Waals surface area contributed by atoms with Crippen molar-refractivity contribution >= 4 is 0 Å². The van der Waals surface area contributed by atoms with Crippen LogP contribution < -0.4 is 5.32 Å². The number of benzene rings is 1. The zero-order valence-corrected chi connectivity index (χ0v) is 13.2. The van der Waals surface area contributed by atoms with Crippen molar-refractivity contribution in [3.63, 3.8) is 0 Å². The molecule has 1 nitrogen and oxygen atoms in total. The van der Waals surface area contributed by atoms with Gasteiger partial charge < -0.3 is 5.32 Å². The van der Waals surface area contributed by atoms with Crippen LogP contribution in [0.1, 0.15) is 51.2 Å². The minimum Gasteiger partial charge on any atom is -0.316 e. The quantitative estimate of drug-likeness (QED) is 0.641. The van der Waals surface area contributed by atoms with E-state index in [1.54, 1.807) is 0 Å². The van der Waals surface area contributed by atoms with Crippen LogP contribution in [-0.4, -0.2) is 13.1 Å². The van der Waals surface area contributed by atoms with Crippen molar-refractivity contribution in [3.8, 4) is 0 Å². The molecule has 0 bridgehead atoms. The molecule has 0 aliphatic carbocycles. The predicted octanol–water partition coefficient (Wildman–Crippen LogP) is 4.59. The third-order valence-corrected chi connectivity index (χ3v) is 4.13. The molecule has 0 spiro atoms. The van der Waals surface area contributed by atoms with E-state index in [1.165, 1.54) is 36.8 Å². The summed E-state index contributed by atoms with van der Waals surface area (Å²) in [5, 5.41) is 3.62. The first-order chi connectivity index (χ1) is 9.21. The molecule has 1 aromatic rings. The molecule has 1 rings (SSSR count). The van der Waals surface area contributed by atoms with Crippen molar-refractivity contribution < 1.29 is 0 Å². The van der Waals surface area contributed by atoms with E-state index in [2.05, 4.69) is 57.3 Å². The molecule has 0 saturated heterocycles. The van der Waals surface area contributed by atoms with Crippen LogP contribution in [0.15, 0.2) is 24.3 Å². The minimum absolute atomic E-state index is 0.767. The first kappa shape index (κ1) is 16.2. The topological polar surface area (TPSA) is 12.0 Å². The van der Waals surface area contributed by atoms with Gasteiger partial charge in [-0.25, -0.2) is 0 Å². The summed E-state index contributed by atoms with van der Waals surface area (Å²) in [6, 6.07) is 9.00. The van der Waals surface area contributed by atoms with Crippen molar-refractivity contribution in [2.24, 2.45) is 11.8 Å². The van der Waals surface area contributed by atoms with Gasteiger partial charge in [0.05, 0.1) is 0 Å². The third-order valence-electron chi connectivity index (χ3n) is 4.13. The third kappa shape index (κ3) is 5.78. The van der Waals surface area contributed by atoms with Gasteiger partial charge in [-0.1, -0.05) is 63.4 Å². The fourth-order valence-corrected chi connectivity index (χ4v) is 2.97. The highest BCUT2D eigenvalue weighted by molar-refractivity contribution is 5.22. The Labute approximate surface area is 119 Å². The fraction of sp³-hybridized carbons (Fsp3) is 0.667. The molecule has 0 amide bonds. The van der Waals surface area contributed by atoms with Gasteiger partial charge >= 0.3 is 0 Å². The number of aryl methyl sites for hydroxylation is 1. The standard InChI is InChI=1S/C18H31N/c1-5-11-19-14-18(17(6-2)7-3)13-16-10-8-9-15(4)12-16/h8-10,12,17-19H,5-7,11,13-14H2,1-4H3. The van der Waals surface area contributed by atoms with Gasteiger partial charge in [0.2, 0.25) is 0 Å². The van der Waals surface area contributed by atoms with Crippen LogP contribution in [0, 0.1) is 18.8 Å². The zero-order valence-electron chi connectivity index (χ0n) is 13.2. The predicted molar refractivity (Wildman–Crippen MR) is 85.6 cm³/mol.